The van der Waals surface area contributed by atoms with Gasteiger partial charge in [-0.15, -0.1) is 0 Å². The summed E-state index contributed by atoms with van der Waals surface area (Å²) >= 11 is 0. The van der Waals surface area contributed by atoms with Gasteiger partial charge in [-0.1, -0.05) is 13.3 Å². The van der Waals surface area contributed by atoms with Crippen LogP contribution in [0.2, 0.25) is 0 Å². The lowest BCUT2D eigenvalue weighted by Gasteiger charge is -2.43. The minimum atomic E-state index is -0.547. The number of hydrogen-bond acceptors (Lipinski definition) is 2. The minimum absolute atomic E-state index is 0.334. The summed E-state index contributed by atoms with van der Waals surface area (Å²) in [5, 5.41) is 0. The van der Waals surface area contributed by atoms with E-state index in [9.17, 15) is 4.39 Å². The van der Waals surface area contributed by atoms with Crippen LogP contribution in [-0.4, -0.2) is 55.7 Å². The molecule has 0 radical (unpaired) electrons. The highest BCUT2D eigenvalue weighted by Crippen LogP contribution is 2.27. The minimum Gasteiger partial charge on any atom is -0.306 e. The van der Waals surface area contributed by atoms with Crippen LogP contribution in [0.4, 0.5) is 4.39 Å². The van der Waals surface area contributed by atoms with Crippen molar-refractivity contribution in [1.82, 2.24) is 9.80 Å². The van der Waals surface area contributed by atoms with E-state index in [1.165, 1.54) is 32.5 Å². The van der Waals surface area contributed by atoms with Gasteiger partial charge in [-0.05, 0) is 45.3 Å². The van der Waals surface area contributed by atoms with E-state index in [0.29, 0.717) is 5.92 Å². The number of halogens is 1. The zero-order chi connectivity index (χ0) is 12.3. The second kappa shape index (κ2) is 6.14. The highest BCUT2D eigenvalue weighted by atomic mass is 19.1. The van der Waals surface area contributed by atoms with Crippen LogP contribution in [0.1, 0.15) is 32.6 Å². The molecule has 17 heavy (non-hydrogen) atoms. The summed E-state index contributed by atoms with van der Waals surface area (Å²) in [7, 11) is 2.20. The quantitative estimate of drug-likeness (QED) is 0.730. The average Bonchev–Trinajstić information content (AvgIpc) is 2.25. The van der Waals surface area contributed by atoms with Gasteiger partial charge in [0.15, 0.2) is 0 Å². The molecule has 0 spiro atoms. The third-order valence-electron chi connectivity index (χ3n) is 4.42. The molecule has 0 N–H and O–H groups in total. The Balaban J connectivity index is 1.60. The van der Waals surface area contributed by atoms with Gasteiger partial charge < -0.3 is 9.80 Å². The Labute approximate surface area is 105 Å². The van der Waals surface area contributed by atoms with Crippen LogP contribution in [0.3, 0.4) is 0 Å². The second-order valence-electron chi connectivity index (χ2n) is 6.03. The molecule has 0 saturated carbocycles. The van der Waals surface area contributed by atoms with Gasteiger partial charge in [0.25, 0.3) is 0 Å². The first-order valence-electron chi connectivity index (χ1n) is 7.24. The van der Waals surface area contributed by atoms with Gasteiger partial charge in [0, 0.05) is 25.6 Å². The van der Waals surface area contributed by atoms with Crippen molar-refractivity contribution in [2.75, 3.05) is 39.8 Å². The molecule has 0 aromatic rings. The molecule has 2 aliphatic rings. The average molecular weight is 242 g/mol. The summed E-state index contributed by atoms with van der Waals surface area (Å²) in [5.41, 5.74) is 0. The van der Waals surface area contributed by atoms with Crippen molar-refractivity contribution in [2.24, 2.45) is 11.8 Å². The van der Waals surface area contributed by atoms with Crippen LogP contribution in [-0.2, 0) is 0 Å². The summed E-state index contributed by atoms with van der Waals surface area (Å²) in [6, 6.07) is 0. The normalized spacial score (nSPS) is 27.0. The summed E-state index contributed by atoms with van der Waals surface area (Å²) in [6.45, 7) is 7.78. The van der Waals surface area contributed by atoms with E-state index in [1.54, 1.807) is 0 Å². The zero-order valence-electron chi connectivity index (χ0n) is 11.4. The van der Waals surface area contributed by atoms with Gasteiger partial charge in [-0.2, -0.15) is 0 Å². The molecule has 2 aliphatic heterocycles. The van der Waals surface area contributed by atoms with E-state index in [0.717, 1.165) is 31.8 Å². The number of piperidine rings is 1. The largest absolute Gasteiger partial charge is 0.306 e. The Hall–Kier alpha value is -0.150. The molecular formula is C14H27FN2. The molecule has 2 rings (SSSR count). The maximum absolute atomic E-state index is 13.6. The van der Waals surface area contributed by atoms with E-state index in [-0.39, 0.29) is 0 Å². The van der Waals surface area contributed by atoms with Crippen molar-refractivity contribution in [2.45, 2.75) is 38.8 Å². The van der Waals surface area contributed by atoms with E-state index in [4.69, 9.17) is 0 Å². The third kappa shape index (κ3) is 3.65. The fourth-order valence-corrected chi connectivity index (χ4v) is 3.11. The summed E-state index contributed by atoms with van der Waals surface area (Å²) < 4.78 is 13.6. The molecule has 0 unspecified atom stereocenters. The summed E-state index contributed by atoms with van der Waals surface area (Å²) in [4.78, 5) is 4.87. The highest BCUT2D eigenvalue weighted by Gasteiger charge is 2.34. The van der Waals surface area contributed by atoms with Crippen molar-refractivity contribution in [3.05, 3.63) is 0 Å². The van der Waals surface area contributed by atoms with Gasteiger partial charge in [0.05, 0.1) is 0 Å². The van der Waals surface area contributed by atoms with E-state index in [1.807, 2.05) is 0 Å². The van der Waals surface area contributed by atoms with Crippen molar-refractivity contribution in [3.8, 4) is 0 Å². The smallest absolute Gasteiger partial charge is 0.105 e. The van der Waals surface area contributed by atoms with Crippen molar-refractivity contribution in [3.63, 3.8) is 0 Å². The van der Waals surface area contributed by atoms with Crippen LogP contribution < -0.4 is 0 Å². The molecular weight excluding hydrogens is 215 g/mol. The molecule has 0 aromatic heterocycles. The lowest BCUT2D eigenvalue weighted by Crippen LogP contribution is -2.52. The van der Waals surface area contributed by atoms with E-state index < -0.39 is 6.17 Å². The molecule has 0 amide bonds. The van der Waals surface area contributed by atoms with Crippen molar-refractivity contribution in [1.29, 1.82) is 0 Å². The number of hydrogen-bond donors (Lipinski definition) is 0. The Morgan fingerprint density at radius 3 is 2.47 bits per heavy atom. The Kier molecular flexibility index (Phi) is 4.80. The van der Waals surface area contributed by atoms with Gasteiger partial charge in [0.1, 0.15) is 6.17 Å². The van der Waals surface area contributed by atoms with Crippen LogP contribution in [0.15, 0.2) is 0 Å². The first-order valence-corrected chi connectivity index (χ1v) is 7.24. The number of alkyl halides is 1. The zero-order valence-corrected chi connectivity index (χ0v) is 11.4. The number of nitrogens with zero attached hydrogens (tertiary/aromatic N) is 2. The van der Waals surface area contributed by atoms with E-state index in [2.05, 4.69) is 23.8 Å². The highest BCUT2D eigenvalue weighted by molar-refractivity contribution is 4.87. The molecule has 0 bridgehead atoms. The predicted octanol–water partition coefficient (Wildman–Crippen LogP) is 2.40. The third-order valence-corrected chi connectivity index (χ3v) is 4.42. The van der Waals surface area contributed by atoms with Crippen LogP contribution >= 0.6 is 0 Å². The van der Waals surface area contributed by atoms with Gasteiger partial charge in [0.2, 0.25) is 0 Å². The Bertz CT molecular complexity index is 220. The first-order chi connectivity index (χ1) is 8.19. The standard InChI is InChI=1S/C14H27FN2/c1-3-4-14(15)13-10-17(11-13)9-12-5-7-16(2)8-6-12/h12-14H,3-11H2,1-2H3/t14-/m1/s1. The van der Waals surface area contributed by atoms with E-state index >= 15 is 0 Å². The predicted molar refractivity (Wildman–Crippen MR) is 70.0 cm³/mol. The van der Waals surface area contributed by atoms with Crippen molar-refractivity contribution >= 4 is 0 Å². The lowest BCUT2D eigenvalue weighted by molar-refractivity contribution is 0.0169. The molecule has 0 aliphatic carbocycles. The van der Waals surface area contributed by atoms with Crippen LogP contribution in [0, 0.1) is 11.8 Å². The Morgan fingerprint density at radius 1 is 1.24 bits per heavy atom. The molecule has 2 fully saturated rings. The van der Waals surface area contributed by atoms with Gasteiger partial charge in [-0.25, -0.2) is 4.39 Å². The summed E-state index contributed by atoms with van der Waals surface area (Å²) in [6.07, 6.45) is 3.84. The first kappa shape index (κ1) is 13.3. The van der Waals surface area contributed by atoms with Crippen molar-refractivity contribution < 1.29 is 4.39 Å². The monoisotopic (exact) mass is 242 g/mol. The SMILES string of the molecule is CCC[C@@H](F)C1CN(CC2CCN(C)CC2)C1. The lowest BCUT2D eigenvalue weighted by atomic mass is 9.89. The Morgan fingerprint density at radius 2 is 1.88 bits per heavy atom. The number of rotatable bonds is 5. The maximum Gasteiger partial charge on any atom is 0.105 e. The molecule has 2 nitrogen and oxygen atoms in total. The molecule has 2 saturated heterocycles. The topological polar surface area (TPSA) is 6.48 Å². The van der Waals surface area contributed by atoms with Crippen LogP contribution in [0.25, 0.3) is 0 Å². The van der Waals surface area contributed by atoms with Gasteiger partial charge >= 0.3 is 0 Å². The molecule has 0 aromatic carbocycles. The fourth-order valence-electron chi connectivity index (χ4n) is 3.11. The number of likely N-dealkylation sites (tertiary alicyclic amines) is 2. The van der Waals surface area contributed by atoms with Gasteiger partial charge in [-0.3, -0.25) is 0 Å². The molecule has 3 heteroatoms. The summed E-state index contributed by atoms with van der Waals surface area (Å²) in [5.74, 6) is 1.19. The fraction of sp³-hybridized carbons (Fsp3) is 1.00. The molecule has 1 atom stereocenters. The second-order valence-corrected chi connectivity index (χ2v) is 6.03. The molecule has 100 valence electrons. The maximum atomic E-state index is 13.6. The molecule has 2 heterocycles. The van der Waals surface area contributed by atoms with Crippen LogP contribution in [0.5, 0.6) is 0 Å².